The molecule has 0 radical (unpaired) electrons. The summed E-state index contributed by atoms with van der Waals surface area (Å²) in [4.78, 5) is 111. The summed E-state index contributed by atoms with van der Waals surface area (Å²) in [5, 5.41) is 18.6. The van der Waals surface area contributed by atoms with Gasteiger partial charge in [0.25, 0.3) is 5.24 Å². The number of aromatic nitrogens is 10. The van der Waals surface area contributed by atoms with Crippen LogP contribution >= 0.6 is 140 Å². The minimum atomic E-state index is -0.691. The van der Waals surface area contributed by atoms with Crippen molar-refractivity contribution in [3.05, 3.63) is 313 Å². The summed E-state index contributed by atoms with van der Waals surface area (Å²) in [6.45, 7) is 5.30. The number of aromatic hydroxyl groups is 1. The molecule has 17 rings (SSSR count). The molecule has 0 amide bonds. The van der Waals surface area contributed by atoms with Crippen molar-refractivity contribution < 1.29 is 57.6 Å². The van der Waals surface area contributed by atoms with Crippen LogP contribution < -0.4 is 18.9 Å². The molecule has 5 aromatic carbocycles. The quantitative estimate of drug-likeness (QED) is 0.0470. The van der Waals surface area contributed by atoms with Gasteiger partial charge in [-0.05, 0) is 230 Å². The fourth-order valence-electron chi connectivity index (χ4n) is 11.8. The third-order valence-corrected chi connectivity index (χ3v) is 22.5. The van der Waals surface area contributed by atoms with Crippen LogP contribution in [0.5, 0.6) is 28.7 Å². The largest absolute Gasteiger partial charge is 0.508 e. The number of pyridine rings is 5. The van der Waals surface area contributed by atoms with Gasteiger partial charge in [0.05, 0.1) is 64.7 Å². The first-order valence-corrected chi connectivity index (χ1v) is 41.8. The highest BCUT2D eigenvalue weighted by molar-refractivity contribution is 9.11. The van der Waals surface area contributed by atoms with Crippen LogP contribution in [0.15, 0.2) is 238 Å². The number of hydrogen-bond donors (Lipinski definition) is 5. The summed E-state index contributed by atoms with van der Waals surface area (Å²) < 4.78 is 29.6. The number of fused-ring (bicyclic) bond motifs is 5. The number of benzene rings is 5. The molecule has 22 nitrogen and oxygen atoms in total. The Hall–Kier alpha value is -11.1. The van der Waals surface area contributed by atoms with Gasteiger partial charge in [-0.3, -0.25) is 24.0 Å². The van der Waals surface area contributed by atoms with Crippen molar-refractivity contribution in [1.29, 1.82) is 0 Å². The number of phenolic OH excluding ortho intramolecular Hbond substituents is 1. The Bertz CT molecular complexity index is 6710. The van der Waals surface area contributed by atoms with Crippen LogP contribution in [0.25, 0.3) is 76.0 Å². The Balaban J connectivity index is 0.000000136. The lowest BCUT2D eigenvalue weighted by Crippen LogP contribution is -2.26. The van der Waals surface area contributed by atoms with Crippen LogP contribution in [0.4, 0.5) is 4.79 Å². The summed E-state index contributed by atoms with van der Waals surface area (Å²) in [5.41, 5.74) is 7.87. The number of ketones is 4. The Morgan fingerprint density at radius 3 is 1.22 bits per heavy atom. The molecule has 0 atom stereocenters. The molecule has 12 aromatic heterocycles. The van der Waals surface area contributed by atoms with Crippen molar-refractivity contribution in [2.75, 3.05) is 28.4 Å². The molecule has 0 saturated carbocycles. The van der Waals surface area contributed by atoms with E-state index in [4.69, 9.17) is 93.3 Å². The molecular formula is C87H63Br3Cl6N10O12S2. The van der Waals surface area contributed by atoms with Crippen molar-refractivity contribution in [3.8, 4) is 49.6 Å². The number of phenols is 1. The van der Waals surface area contributed by atoms with Gasteiger partial charge in [-0.25, -0.2) is 34.3 Å². The molecule has 17 aromatic rings. The van der Waals surface area contributed by atoms with Gasteiger partial charge >= 0.3 is 6.09 Å². The highest BCUT2D eigenvalue weighted by atomic mass is 79.9. The first-order chi connectivity index (χ1) is 57.5. The van der Waals surface area contributed by atoms with Crippen LogP contribution in [-0.4, -0.2) is 123 Å². The Morgan fingerprint density at radius 2 is 0.792 bits per heavy atom. The van der Waals surface area contributed by atoms with E-state index in [9.17, 15) is 33.9 Å². The average molecular weight is 1960 g/mol. The van der Waals surface area contributed by atoms with Crippen LogP contribution in [0, 0.1) is 0 Å². The summed E-state index contributed by atoms with van der Waals surface area (Å²) in [5.74, 6) is 1.28. The summed E-state index contributed by atoms with van der Waals surface area (Å²) in [6, 6.07) is 43.4. The zero-order chi connectivity index (χ0) is 85.8. The second-order valence-corrected chi connectivity index (χ2v) is 33.5. The third-order valence-electron chi connectivity index (χ3n) is 17.6. The van der Waals surface area contributed by atoms with E-state index in [1.165, 1.54) is 49.2 Å². The molecule has 0 aliphatic rings. The third kappa shape index (κ3) is 21.0. The van der Waals surface area contributed by atoms with Crippen LogP contribution in [0.2, 0.25) is 25.1 Å². The van der Waals surface area contributed by atoms with E-state index in [0.29, 0.717) is 103 Å². The standard InChI is InChI=1S/C20H18BrClN2O4.C19H13ClN2O2S.C18H11ClN2O2S.C15H10BrClN2O2.C8H6Cl2O2.C7H5BrN2/c1-20(2,3)28-19(26)24-10-15(13-7-11(21)9-23-18(13)24)17(25)14-8-12(27-4)5-6-16(14)22;1-24-12-4-5-16(20)14(8-12)18(23)15-10-22-19-13(15)7-11(9-21-19)17-3-2-6-25-17;19-15-4-3-11(22)7-13(15)17(23)14-9-21-18-12(14)6-10(8-20-18)16-2-1-5-24-16;1-21-9-2-3-13(17)11(5-9)14(20)12-7-19-15-10(12)4-8(16)6-18-15;1-12-5-2-3-7(9)6(4-5)8(10)11;8-6-3-5-1-2-9-7(5)10-4-6/h5-10H,1-4H3;2-10H,1H3,(H,21,22);1-9,22H,(H,20,21);2-7H,1H3,(H,18,19);2-4H,1H3;1-4H,(H,9,10). The topological polar surface area (TPSA) is 301 Å². The highest BCUT2D eigenvalue weighted by Crippen LogP contribution is 2.37. The number of rotatable bonds is 15. The summed E-state index contributed by atoms with van der Waals surface area (Å²) >= 11 is 49.0. The molecule has 0 aliphatic carbocycles. The van der Waals surface area contributed by atoms with Gasteiger partial charge in [0, 0.05) is 162 Å². The Morgan fingerprint density at radius 1 is 0.417 bits per heavy atom. The van der Waals surface area contributed by atoms with E-state index in [0.717, 1.165) is 57.0 Å². The number of ether oxygens (including phenoxy) is 5. The first-order valence-electron chi connectivity index (χ1n) is 35.4. The molecule has 5 N–H and O–H groups in total. The van der Waals surface area contributed by atoms with E-state index >= 15 is 0 Å². The van der Waals surface area contributed by atoms with Gasteiger partial charge in [0.15, 0.2) is 23.1 Å². The van der Waals surface area contributed by atoms with Crippen LogP contribution in [0.1, 0.15) is 94.8 Å². The summed E-state index contributed by atoms with van der Waals surface area (Å²) in [7, 11) is 6.11. The summed E-state index contributed by atoms with van der Waals surface area (Å²) in [6.07, 6.45) is 16.2. The lowest BCUT2D eigenvalue weighted by molar-refractivity contribution is 0.0542. The van der Waals surface area contributed by atoms with Gasteiger partial charge in [-0.1, -0.05) is 70.1 Å². The maximum Gasteiger partial charge on any atom is 0.420 e. The van der Waals surface area contributed by atoms with Crippen LogP contribution in [0.3, 0.4) is 0 Å². The number of hydrogen-bond acceptors (Lipinski definition) is 19. The zero-order valence-electron chi connectivity index (χ0n) is 63.7. The van der Waals surface area contributed by atoms with Gasteiger partial charge < -0.3 is 48.7 Å². The molecule has 0 unspecified atom stereocenters. The predicted octanol–water partition coefficient (Wildman–Crippen LogP) is 24.8. The fraction of sp³-hybridized carbons (Fsp3) is 0.0920. The van der Waals surface area contributed by atoms with E-state index in [1.54, 1.807) is 180 Å². The molecule has 608 valence electrons. The average Bonchev–Trinajstić information content (AvgIpc) is 1.97. The number of aromatic amines is 4. The van der Waals surface area contributed by atoms with Gasteiger partial charge in [0.2, 0.25) is 0 Å². The molecular weight excluding hydrogens is 1890 g/mol. The van der Waals surface area contributed by atoms with Gasteiger partial charge in [0.1, 0.15) is 62.6 Å². The van der Waals surface area contributed by atoms with Gasteiger partial charge in [-0.15, -0.1) is 22.7 Å². The molecule has 12 heterocycles. The second kappa shape index (κ2) is 39.4. The Kier molecular flexibility index (Phi) is 29.0. The number of thiophene rings is 2. The maximum atomic E-state index is 13.2. The van der Waals surface area contributed by atoms with Crippen molar-refractivity contribution >= 4 is 230 Å². The first kappa shape index (κ1) is 88.2. The van der Waals surface area contributed by atoms with Crippen molar-refractivity contribution in [2.24, 2.45) is 0 Å². The number of nitrogens with zero attached hydrogens (tertiary/aromatic N) is 6. The predicted molar refractivity (Wildman–Crippen MR) is 485 cm³/mol. The van der Waals surface area contributed by atoms with E-state index in [-0.39, 0.29) is 56.2 Å². The molecule has 0 bridgehead atoms. The zero-order valence-corrected chi connectivity index (χ0v) is 74.6. The minimum absolute atomic E-state index is 0.00000847. The Labute approximate surface area is 747 Å². The monoisotopic (exact) mass is 1950 g/mol. The van der Waals surface area contributed by atoms with E-state index in [2.05, 4.69) is 92.6 Å². The number of carbonyl (C=O) groups excluding carboxylic acids is 6. The number of H-pyrrole nitrogens is 4. The molecule has 0 fully saturated rings. The van der Waals surface area contributed by atoms with Crippen molar-refractivity contribution in [2.45, 2.75) is 26.4 Å². The van der Waals surface area contributed by atoms with E-state index < -0.39 is 16.9 Å². The number of methoxy groups -OCH3 is 4. The minimum Gasteiger partial charge on any atom is -0.508 e. The second-order valence-electron chi connectivity index (χ2n) is 26.5. The molecule has 33 heteroatoms. The smallest absolute Gasteiger partial charge is 0.420 e. The van der Waals surface area contributed by atoms with E-state index in [1.807, 2.05) is 71.6 Å². The lowest BCUT2D eigenvalue weighted by atomic mass is 10.0. The fourth-order valence-corrected chi connectivity index (χ4v) is 15.4. The van der Waals surface area contributed by atoms with Gasteiger partial charge in [-0.2, -0.15) is 0 Å². The normalized spacial score (nSPS) is 10.9. The van der Waals surface area contributed by atoms with Crippen molar-refractivity contribution in [1.82, 2.24) is 49.4 Å². The lowest BCUT2D eigenvalue weighted by Gasteiger charge is -2.19. The maximum absolute atomic E-state index is 13.2. The van der Waals surface area contributed by atoms with Crippen LogP contribution in [-0.2, 0) is 4.74 Å². The van der Waals surface area contributed by atoms with Crippen molar-refractivity contribution in [3.63, 3.8) is 0 Å². The molecule has 0 saturated heterocycles. The highest BCUT2D eigenvalue weighted by Gasteiger charge is 2.28. The number of nitrogens with one attached hydrogen (secondary N) is 4. The molecule has 0 aliphatic heterocycles. The molecule has 120 heavy (non-hydrogen) atoms. The number of carbonyl (C=O) groups is 6. The SMILES string of the molecule is Brc1cnc2[nH]ccc2c1.COc1ccc(Cl)c(C(=O)Cl)c1.COc1ccc(Cl)c(C(=O)c2c[nH]c3ncc(-c4cccs4)cc23)c1.COc1ccc(Cl)c(C(=O)c2c[nH]c3ncc(Br)cc23)c1.COc1ccc(Cl)c(C(=O)c2cn(C(=O)OC(C)(C)C)c3ncc(Br)cc23)c1.O=C(c1cc(O)ccc1Cl)c1c[nH]c2ncc(-c3cccs3)cc12. The number of halogens is 9. The molecule has 0 spiro atoms.